The van der Waals surface area contributed by atoms with Gasteiger partial charge in [0.15, 0.2) is 0 Å². The molecule has 2 amide bonds. The number of aliphatic hydroxyl groups is 2. The van der Waals surface area contributed by atoms with Crippen LogP contribution in [0.2, 0.25) is 0 Å². The van der Waals surface area contributed by atoms with E-state index >= 15 is 0 Å². The maximum Gasteiger partial charge on any atom is 0.317 e. The summed E-state index contributed by atoms with van der Waals surface area (Å²) in [6.07, 6.45) is 3.54. The van der Waals surface area contributed by atoms with Crippen molar-refractivity contribution in [3.63, 3.8) is 0 Å². The van der Waals surface area contributed by atoms with E-state index in [9.17, 15) is 15.0 Å². The second-order valence-electron chi connectivity index (χ2n) is 7.45. The topological polar surface area (TPSA) is 72.8 Å². The highest BCUT2D eigenvalue weighted by Crippen LogP contribution is 2.21. The molecule has 140 valence electrons. The largest absolute Gasteiger partial charge is 0.393 e. The molecular weight excluding hydrogens is 316 g/mol. The molecule has 5 heteroatoms. The molecule has 0 aliphatic carbocycles. The predicted molar refractivity (Wildman–Crippen MR) is 99.7 cm³/mol. The molecule has 1 saturated heterocycles. The van der Waals surface area contributed by atoms with E-state index in [1.165, 1.54) is 11.1 Å². The molecule has 25 heavy (non-hydrogen) atoms. The van der Waals surface area contributed by atoms with Crippen LogP contribution in [-0.2, 0) is 6.42 Å². The van der Waals surface area contributed by atoms with Crippen molar-refractivity contribution < 1.29 is 15.0 Å². The van der Waals surface area contributed by atoms with Gasteiger partial charge in [0, 0.05) is 19.6 Å². The first-order valence-corrected chi connectivity index (χ1v) is 9.38. The quantitative estimate of drug-likeness (QED) is 0.692. The van der Waals surface area contributed by atoms with E-state index in [1.54, 1.807) is 4.90 Å². The second kappa shape index (κ2) is 9.20. The Labute approximate surface area is 151 Å². The Morgan fingerprint density at radius 2 is 1.96 bits per heavy atom. The van der Waals surface area contributed by atoms with E-state index in [1.807, 2.05) is 0 Å². The highest BCUT2D eigenvalue weighted by Gasteiger charge is 2.30. The third-order valence-electron chi connectivity index (χ3n) is 5.06. The molecule has 0 saturated carbocycles. The van der Waals surface area contributed by atoms with Crippen molar-refractivity contribution in [2.24, 2.45) is 0 Å². The number of amides is 2. The molecule has 5 nitrogen and oxygen atoms in total. The lowest BCUT2D eigenvalue weighted by Crippen LogP contribution is -2.42. The van der Waals surface area contributed by atoms with Crippen LogP contribution < -0.4 is 5.32 Å². The van der Waals surface area contributed by atoms with Gasteiger partial charge in [0.05, 0.1) is 12.2 Å². The summed E-state index contributed by atoms with van der Waals surface area (Å²) in [4.78, 5) is 14.0. The van der Waals surface area contributed by atoms with Crippen LogP contribution in [0.15, 0.2) is 24.3 Å². The molecular formula is C20H32N2O3. The fourth-order valence-electron chi connectivity index (χ4n) is 3.21. The van der Waals surface area contributed by atoms with Crippen LogP contribution in [0.4, 0.5) is 4.79 Å². The lowest BCUT2D eigenvalue weighted by atomic mass is 9.96. The van der Waals surface area contributed by atoms with Gasteiger partial charge in [-0.15, -0.1) is 0 Å². The monoisotopic (exact) mass is 348 g/mol. The molecule has 0 bridgehead atoms. The number of likely N-dealkylation sites (tertiary alicyclic amines) is 1. The van der Waals surface area contributed by atoms with Crippen LogP contribution in [0.5, 0.6) is 0 Å². The van der Waals surface area contributed by atoms with E-state index in [-0.39, 0.29) is 12.6 Å². The van der Waals surface area contributed by atoms with E-state index in [2.05, 4.69) is 43.4 Å². The minimum atomic E-state index is -1.03. The average Bonchev–Trinajstić information content (AvgIpc) is 2.81. The van der Waals surface area contributed by atoms with Crippen LogP contribution in [-0.4, -0.2) is 53.0 Å². The van der Waals surface area contributed by atoms with Gasteiger partial charge in [-0.1, -0.05) is 38.1 Å². The molecule has 1 heterocycles. The van der Waals surface area contributed by atoms with E-state index < -0.39 is 5.60 Å². The minimum Gasteiger partial charge on any atom is -0.393 e. The fourth-order valence-corrected chi connectivity index (χ4v) is 3.21. The highest BCUT2D eigenvalue weighted by atomic mass is 16.3. The molecule has 0 radical (unpaired) electrons. The van der Waals surface area contributed by atoms with Gasteiger partial charge >= 0.3 is 6.03 Å². The number of nitrogens with zero attached hydrogens (tertiary/aromatic N) is 1. The third-order valence-corrected chi connectivity index (χ3v) is 5.06. The summed E-state index contributed by atoms with van der Waals surface area (Å²) in [5.74, 6) is 0.547. The average molecular weight is 348 g/mol. The molecule has 0 aromatic heterocycles. The summed E-state index contributed by atoms with van der Waals surface area (Å²) < 4.78 is 0. The highest BCUT2D eigenvalue weighted by molar-refractivity contribution is 5.74. The molecule has 1 atom stereocenters. The van der Waals surface area contributed by atoms with Crippen molar-refractivity contribution in [2.75, 3.05) is 26.2 Å². The second-order valence-corrected chi connectivity index (χ2v) is 7.45. The number of hydrogen-bond donors (Lipinski definition) is 3. The number of aliphatic hydroxyl groups excluding tert-OH is 1. The number of urea groups is 1. The first-order valence-electron chi connectivity index (χ1n) is 9.38. The molecule has 0 spiro atoms. The van der Waals surface area contributed by atoms with Crippen molar-refractivity contribution in [2.45, 2.75) is 57.5 Å². The molecule has 0 unspecified atom stereocenters. The van der Waals surface area contributed by atoms with Crippen LogP contribution in [0.25, 0.3) is 0 Å². The zero-order chi connectivity index (χ0) is 18.3. The molecule has 1 fully saturated rings. The van der Waals surface area contributed by atoms with Crippen LogP contribution in [0, 0.1) is 0 Å². The Morgan fingerprint density at radius 3 is 2.60 bits per heavy atom. The predicted octanol–water partition coefficient (Wildman–Crippen LogP) is 2.66. The molecule has 1 aromatic carbocycles. The number of hydrogen-bond acceptors (Lipinski definition) is 3. The number of nitrogens with one attached hydrogen (secondary N) is 1. The Bertz CT molecular complexity index is 544. The van der Waals surface area contributed by atoms with Crippen molar-refractivity contribution in [1.29, 1.82) is 0 Å². The maximum atomic E-state index is 12.3. The summed E-state index contributed by atoms with van der Waals surface area (Å²) in [6.45, 7) is 5.90. The van der Waals surface area contributed by atoms with Gasteiger partial charge in [-0.05, 0) is 49.1 Å². The Morgan fingerprint density at radius 1 is 1.24 bits per heavy atom. The summed E-state index contributed by atoms with van der Waals surface area (Å²) >= 11 is 0. The minimum absolute atomic E-state index is 0.0719. The van der Waals surface area contributed by atoms with E-state index in [0.29, 0.717) is 44.8 Å². The first-order chi connectivity index (χ1) is 11.9. The summed E-state index contributed by atoms with van der Waals surface area (Å²) in [5.41, 5.74) is 1.61. The maximum absolute atomic E-state index is 12.3. The lowest BCUT2D eigenvalue weighted by Gasteiger charge is -2.24. The summed E-state index contributed by atoms with van der Waals surface area (Å²) in [7, 11) is 0. The fraction of sp³-hybridized carbons (Fsp3) is 0.650. The van der Waals surface area contributed by atoms with E-state index in [4.69, 9.17) is 0 Å². The van der Waals surface area contributed by atoms with Gasteiger partial charge in [0.1, 0.15) is 0 Å². The van der Waals surface area contributed by atoms with Gasteiger partial charge in [0.2, 0.25) is 0 Å². The zero-order valence-electron chi connectivity index (χ0n) is 15.5. The van der Waals surface area contributed by atoms with Crippen LogP contribution in [0.1, 0.15) is 56.6 Å². The van der Waals surface area contributed by atoms with Gasteiger partial charge in [0.25, 0.3) is 0 Å². The van der Waals surface area contributed by atoms with Gasteiger partial charge in [-0.25, -0.2) is 4.79 Å². The summed E-state index contributed by atoms with van der Waals surface area (Å²) in [6, 6.07) is 8.62. The first kappa shape index (κ1) is 19.7. The number of aryl methyl sites for hydroxylation is 1. The third kappa shape index (κ3) is 6.01. The standard InChI is InChI=1S/C20H32N2O3/c1-16(2)18-8-6-17(7-9-18)5-3-12-21-19(24)22-13-4-10-20(25,15-23)11-14-22/h6-9,16,23,25H,3-5,10-15H2,1-2H3,(H,21,24)/t20-/m0/s1. The normalized spacial score (nSPS) is 21.2. The lowest BCUT2D eigenvalue weighted by molar-refractivity contribution is -0.0248. The van der Waals surface area contributed by atoms with Crippen molar-refractivity contribution in [3.8, 4) is 0 Å². The molecule has 1 aliphatic rings. The van der Waals surface area contributed by atoms with Crippen molar-refractivity contribution in [1.82, 2.24) is 10.2 Å². The SMILES string of the molecule is CC(C)c1ccc(CCCNC(=O)N2CCC[C@@](O)(CO)CC2)cc1. The van der Waals surface area contributed by atoms with E-state index in [0.717, 1.165) is 12.8 Å². The number of carbonyl (C=O) groups excluding carboxylic acids is 1. The van der Waals surface area contributed by atoms with Crippen molar-refractivity contribution >= 4 is 6.03 Å². The molecule has 1 aromatic rings. The number of benzene rings is 1. The number of rotatable bonds is 6. The Balaban J connectivity index is 1.70. The van der Waals surface area contributed by atoms with Gasteiger partial charge in [-0.2, -0.15) is 0 Å². The van der Waals surface area contributed by atoms with Crippen molar-refractivity contribution in [3.05, 3.63) is 35.4 Å². The Kier molecular flexibility index (Phi) is 7.26. The van der Waals surface area contributed by atoms with Crippen LogP contribution >= 0.6 is 0 Å². The summed E-state index contributed by atoms with van der Waals surface area (Å²) in [5, 5.41) is 22.4. The molecule has 3 N–H and O–H groups in total. The molecule has 2 rings (SSSR count). The van der Waals surface area contributed by atoms with Crippen LogP contribution in [0.3, 0.4) is 0 Å². The van der Waals surface area contributed by atoms with Gasteiger partial charge < -0.3 is 20.4 Å². The number of carbonyl (C=O) groups is 1. The van der Waals surface area contributed by atoms with Gasteiger partial charge in [-0.3, -0.25) is 0 Å². The molecule has 1 aliphatic heterocycles. The Hall–Kier alpha value is -1.59. The smallest absolute Gasteiger partial charge is 0.317 e. The zero-order valence-corrected chi connectivity index (χ0v) is 15.5.